The normalized spacial score (nSPS) is 16.5. The molecule has 3 rings (SSSR count). The molecule has 1 fully saturated rings. The summed E-state index contributed by atoms with van der Waals surface area (Å²) in [6, 6.07) is 15.2. The van der Waals surface area contributed by atoms with Crippen molar-refractivity contribution >= 4 is 15.8 Å². The van der Waals surface area contributed by atoms with Gasteiger partial charge in [0.05, 0.1) is 5.75 Å². The summed E-state index contributed by atoms with van der Waals surface area (Å²) in [6.45, 7) is 4.80. The molecule has 0 unspecified atom stereocenters. The third kappa shape index (κ3) is 4.40. The second-order valence-electron chi connectivity index (χ2n) is 7.15. The summed E-state index contributed by atoms with van der Waals surface area (Å²) in [5.41, 5.74) is 3.75. The third-order valence-electron chi connectivity index (χ3n) is 5.02. The molecule has 0 spiro atoms. The standard InChI is InChI=1S/C21H25NO3S/c1-16-3-7-18(8-4-16)15-26(24,25)22-13-11-20(12-14-22)21(23)19-9-5-17(2)6-10-19/h3-10,20H,11-15H2,1-2H3. The van der Waals surface area contributed by atoms with Crippen molar-refractivity contribution in [3.05, 3.63) is 70.8 Å². The molecule has 1 aliphatic heterocycles. The Morgan fingerprint density at radius 3 is 1.96 bits per heavy atom. The van der Waals surface area contributed by atoms with Crippen molar-refractivity contribution in [1.29, 1.82) is 0 Å². The van der Waals surface area contributed by atoms with Crippen LogP contribution in [0, 0.1) is 19.8 Å². The minimum absolute atomic E-state index is 0.0177. The lowest BCUT2D eigenvalue weighted by Gasteiger charge is -2.30. The van der Waals surface area contributed by atoms with E-state index in [2.05, 4.69) is 0 Å². The van der Waals surface area contributed by atoms with Crippen LogP contribution in [0.5, 0.6) is 0 Å². The second-order valence-corrected chi connectivity index (χ2v) is 9.11. The molecule has 1 aliphatic rings. The molecule has 0 radical (unpaired) electrons. The first-order valence-corrected chi connectivity index (χ1v) is 10.6. The van der Waals surface area contributed by atoms with E-state index in [0.29, 0.717) is 25.9 Å². The van der Waals surface area contributed by atoms with Crippen LogP contribution in [0.25, 0.3) is 0 Å². The third-order valence-corrected chi connectivity index (χ3v) is 6.87. The smallest absolute Gasteiger partial charge is 0.218 e. The molecule has 2 aromatic carbocycles. The number of aryl methyl sites for hydroxylation is 2. The first-order valence-electron chi connectivity index (χ1n) is 8.99. The number of carbonyl (C=O) groups excluding carboxylic acids is 1. The SMILES string of the molecule is Cc1ccc(CS(=O)(=O)N2CCC(C(=O)c3ccc(C)cc3)CC2)cc1. The Balaban J connectivity index is 1.61. The van der Waals surface area contributed by atoms with Gasteiger partial charge < -0.3 is 0 Å². The monoisotopic (exact) mass is 371 g/mol. The number of sulfonamides is 1. The van der Waals surface area contributed by atoms with Crippen molar-refractivity contribution in [1.82, 2.24) is 4.31 Å². The average molecular weight is 372 g/mol. The molecule has 0 N–H and O–H groups in total. The first-order chi connectivity index (χ1) is 12.3. The number of nitrogens with zero attached hydrogens (tertiary/aromatic N) is 1. The van der Waals surface area contributed by atoms with Crippen molar-refractivity contribution in [3.63, 3.8) is 0 Å². The van der Waals surface area contributed by atoms with Crippen molar-refractivity contribution in [2.24, 2.45) is 5.92 Å². The van der Waals surface area contributed by atoms with E-state index in [1.165, 1.54) is 4.31 Å². The predicted octanol–water partition coefficient (Wildman–Crippen LogP) is 3.73. The Morgan fingerprint density at radius 2 is 1.42 bits per heavy atom. The fourth-order valence-corrected chi connectivity index (χ4v) is 4.90. The van der Waals surface area contributed by atoms with E-state index in [4.69, 9.17) is 0 Å². The van der Waals surface area contributed by atoms with E-state index < -0.39 is 10.0 Å². The summed E-state index contributed by atoms with van der Waals surface area (Å²) in [7, 11) is -3.35. The zero-order valence-corrected chi connectivity index (χ0v) is 16.1. The summed E-state index contributed by atoms with van der Waals surface area (Å²) in [4.78, 5) is 12.6. The van der Waals surface area contributed by atoms with Crippen molar-refractivity contribution in [2.45, 2.75) is 32.4 Å². The number of carbonyl (C=O) groups is 1. The Bertz CT molecular complexity index is 862. The lowest BCUT2D eigenvalue weighted by Crippen LogP contribution is -2.40. The van der Waals surface area contributed by atoms with Gasteiger partial charge in [-0.25, -0.2) is 12.7 Å². The molecule has 0 atom stereocenters. The van der Waals surface area contributed by atoms with Gasteiger partial charge in [0, 0.05) is 24.6 Å². The topological polar surface area (TPSA) is 54.5 Å². The van der Waals surface area contributed by atoms with Crippen LogP contribution in [0.1, 0.15) is 39.9 Å². The van der Waals surface area contributed by atoms with Crippen molar-refractivity contribution < 1.29 is 13.2 Å². The van der Waals surface area contributed by atoms with Gasteiger partial charge in [0.25, 0.3) is 0 Å². The molecule has 0 saturated carbocycles. The molecule has 5 heteroatoms. The lowest BCUT2D eigenvalue weighted by atomic mass is 9.89. The van der Waals surface area contributed by atoms with Gasteiger partial charge >= 0.3 is 0 Å². The van der Waals surface area contributed by atoms with Crippen LogP contribution in [0.2, 0.25) is 0 Å². The van der Waals surface area contributed by atoms with Gasteiger partial charge in [0.15, 0.2) is 5.78 Å². The van der Waals surface area contributed by atoms with Gasteiger partial charge in [-0.15, -0.1) is 0 Å². The van der Waals surface area contributed by atoms with Crippen molar-refractivity contribution in [2.75, 3.05) is 13.1 Å². The molecule has 1 saturated heterocycles. The molecule has 0 amide bonds. The van der Waals surface area contributed by atoms with E-state index in [9.17, 15) is 13.2 Å². The van der Waals surface area contributed by atoms with E-state index >= 15 is 0 Å². The van der Waals surface area contributed by atoms with E-state index in [0.717, 1.165) is 22.3 Å². The van der Waals surface area contributed by atoms with Gasteiger partial charge in [-0.3, -0.25) is 4.79 Å². The second kappa shape index (κ2) is 7.72. The Kier molecular flexibility index (Phi) is 5.58. The summed E-state index contributed by atoms with van der Waals surface area (Å²) in [6.07, 6.45) is 1.17. The van der Waals surface area contributed by atoms with Gasteiger partial charge in [0.2, 0.25) is 10.0 Å². The molecule has 0 aromatic heterocycles. The number of rotatable bonds is 5. The van der Waals surface area contributed by atoms with E-state index in [1.807, 2.05) is 62.4 Å². The number of benzene rings is 2. The summed E-state index contributed by atoms with van der Waals surface area (Å²) in [5.74, 6) is 0.0493. The molecule has 138 valence electrons. The van der Waals surface area contributed by atoms with Crippen molar-refractivity contribution in [3.8, 4) is 0 Å². The van der Waals surface area contributed by atoms with E-state index in [-0.39, 0.29) is 17.5 Å². The average Bonchev–Trinajstić information content (AvgIpc) is 2.64. The highest BCUT2D eigenvalue weighted by atomic mass is 32.2. The number of hydrogen-bond donors (Lipinski definition) is 0. The quantitative estimate of drug-likeness (QED) is 0.753. The van der Waals surface area contributed by atoms with Crippen LogP contribution >= 0.6 is 0 Å². The summed E-state index contributed by atoms with van der Waals surface area (Å²) in [5, 5.41) is 0. The van der Waals surface area contributed by atoms with Crippen LogP contribution in [0.15, 0.2) is 48.5 Å². The fraction of sp³-hybridized carbons (Fsp3) is 0.381. The molecular weight excluding hydrogens is 346 g/mol. The number of ketones is 1. The molecule has 0 bridgehead atoms. The molecule has 0 aliphatic carbocycles. The minimum atomic E-state index is -3.35. The lowest BCUT2D eigenvalue weighted by molar-refractivity contribution is 0.0875. The van der Waals surface area contributed by atoms with Gasteiger partial charge in [0.1, 0.15) is 0 Å². The maximum atomic E-state index is 12.7. The molecule has 26 heavy (non-hydrogen) atoms. The summed E-state index contributed by atoms with van der Waals surface area (Å²) < 4.78 is 26.9. The highest BCUT2D eigenvalue weighted by molar-refractivity contribution is 7.88. The summed E-state index contributed by atoms with van der Waals surface area (Å²) >= 11 is 0. The molecule has 1 heterocycles. The van der Waals surface area contributed by atoms with Gasteiger partial charge in [-0.2, -0.15) is 0 Å². The highest BCUT2D eigenvalue weighted by Crippen LogP contribution is 2.25. The molecular formula is C21H25NO3S. The minimum Gasteiger partial charge on any atom is -0.294 e. The number of Topliss-reactive ketones (excluding diaryl/α,β-unsaturated/α-hetero) is 1. The fourth-order valence-electron chi connectivity index (χ4n) is 3.34. The Morgan fingerprint density at radius 1 is 0.923 bits per heavy atom. The largest absolute Gasteiger partial charge is 0.294 e. The maximum Gasteiger partial charge on any atom is 0.218 e. The maximum absolute atomic E-state index is 12.7. The molecule has 2 aromatic rings. The number of hydrogen-bond acceptors (Lipinski definition) is 3. The predicted molar refractivity (Wildman–Crippen MR) is 104 cm³/mol. The van der Waals surface area contributed by atoms with Crippen LogP contribution < -0.4 is 0 Å². The highest BCUT2D eigenvalue weighted by Gasteiger charge is 2.31. The molecule has 4 nitrogen and oxygen atoms in total. The Hall–Kier alpha value is -1.98. The Labute approximate surface area is 155 Å². The van der Waals surface area contributed by atoms with E-state index in [1.54, 1.807) is 0 Å². The first kappa shape index (κ1) is 18.8. The number of piperidine rings is 1. The zero-order chi connectivity index (χ0) is 18.7. The van der Waals surface area contributed by atoms with Crippen LogP contribution in [-0.2, 0) is 15.8 Å². The van der Waals surface area contributed by atoms with Crippen LogP contribution in [0.4, 0.5) is 0 Å². The van der Waals surface area contributed by atoms with Crippen LogP contribution in [-0.4, -0.2) is 31.6 Å². The van der Waals surface area contributed by atoms with Gasteiger partial charge in [-0.05, 0) is 32.3 Å². The van der Waals surface area contributed by atoms with Crippen LogP contribution in [0.3, 0.4) is 0 Å². The zero-order valence-electron chi connectivity index (χ0n) is 15.3. The van der Waals surface area contributed by atoms with Gasteiger partial charge in [-0.1, -0.05) is 59.7 Å².